The third-order valence-corrected chi connectivity index (χ3v) is 4.55. The van der Waals surface area contributed by atoms with Crippen LogP contribution in [0.4, 0.5) is 0 Å². The Bertz CT molecular complexity index is 280. The van der Waals surface area contributed by atoms with E-state index in [9.17, 15) is 9.90 Å². The highest BCUT2D eigenvalue weighted by Gasteiger charge is 2.39. The molecule has 1 saturated heterocycles. The van der Waals surface area contributed by atoms with Gasteiger partial charge in [0.15, 0.2) is 0 Å². The molecule has 0 aromatic carbocycles. The van der Waals surface area contributed by atoms with Crippen LogP contribution in [0.25, 0.3) is 0 Å². The van der Waals surface area contributed by atoms with Gasteiger partial charge in [0.1, 0.15) is 0 Å². The van der Waals surface area contributed by atoms with Crippen LogP contribution < -0.4 is 10.6 Å². The minimum absolute atomic E-state index is 0. The Morgan fingerprint density at radius 1 is 1.39 bits per heavy atom. The van der Waals surface area contributed by atoms with Crippen molar-refractivity contribution in [3.05, 3.63) is 0 Å². The monoisotopic (exact) mass is 276 g/mol. The van der Waals surface area contributed by atoms with Crippen molar-refractivity contribution >= 4 is 18.3 Å². The SMILES string of the molecule is CCC1(C(=O)NCC2CNCC2O)CCCC1.Cl. The maximum atomic E-state index is 12.2. The molecule has 2 atom stereocenters. The van der Waals surface area contributed by atoms with E-state index in [1.54, 1.807) is 0 Å². The highest BCUT2D eigenvalue weighted by Crippen LogP contribution is 2.41. The summed E-state index contributed by atoms with van der Waals surface area (Å²) in [6.45, 7) is 4.17. The van der Waals surface area contributed by atoms with Crippen LogP contribution in [0.2, 0.25) is 0 Å². The molecule has 2 fully saturated rings. The molecule has 0 bridgehead atoms. The molecule has 4 nitrogen and oxygen atoms in total. The molecule has 0 spiro atoms. The number of β-amino-alcohol motifs (C(OH)–C–C–N with tert-alkyl or cyclic N) is 1. The molecule has 1 heterocycles. The lowest BCUT2D eigenvalue weighted by Crippen LogP contribution is -2.42. The standard InChI is InChI=1S/C13H24N2O2.ClH/c1-2-13(5-3-4-6-13)12(17)15-8-10-7-14-9-11(10)16;/h10-11,14,16H,2-9H2,1H3,(H,15,17);1H. The molecular formula is C13H25ClN2O2. The number of hydrogen-bond donors (Lipinski definition) is 3. The normalized spacial score (nSPS) is 29.9. The first-order chi connectivity index (χ1) is 8.18. The van der Waals surface area contributed by atoms with Crippen molar-refractivity contribution in [2.45, 2.75) is 45.1 Å². The third-order valence-electron chi connectivity index (χ3n) is 4.55. The highest BCUT2D eigenvalue weighted by molar-refractivity contribution is 5.85. The minimum Gasteiger partial charge on any atom is -0.391 e. The average Bonchev–Trinajstić information content (AvgIpc) is 2.95. The largest absolute Gasteiger partial charge is 0.391 e. The van der Waals surface area contributed by atoms with E-state index in [4.69, 9.17) is 0 Å². The van der Waals surface area contributed by atoms with Crippen molar-refractivity contribution in [3.63, 3.8) is 0 Å². The maximum absolute atomic E-state index is 12.2. The van der Waals surface area contributed by atoms with Crippen LogP contribution in [0.1, 0.15) is 39.0 Å². The Morgan fingerprint density at radius 2 is 2.06 bits per heavy atom. The molecule has 18 heavy (non-hydrogen) atoms. The van der Waals surface area contributed by atoms with Crippen molar-refractivity contribution in [1.82, 2.24) is 10.6 Å². The topological polar surface area (TPSA) is 61.4 Å². The van der Waals surface area contributed by atoms with Gasteiger partial charge in [0.25, 0.3) is 0 Å². The number of aliphatic hydroxyl groups is 1. The molecule has 2 aliphatic rings. The van der Waals surface area contributed by atoms with E-state index in [0.717, 1.165) is 25.8 Å². The van der Waals surface area contributed by atoms with Crippen molar-refractivity contribution in [3.8, 4) is 0 Å². The molecule has 1 aliphatic heterocycles. The summed E-state index contributed by atoms with van der Waals surface area (Å²) in [6, 6.07) is 0. The van der Waals surface area contributed by atoms with Gasteiger partial charge < -0.3 is 15.7 Å². The first-order valence-corrected chi connectivity index (χ1v) is 6.85. The van der Waals surface area contributed by atoms with Crippen molar-refractivity contribution in [1.29, 1.82) is 0 Å². The second-order valence-corrected chi connectivity index (χ2v) is 5.54. The van der Waals surface area contributed by atoms with E-state index < -0.39 is 0 Å². The maximum Gasteiger partial charge on any atom is 0.226 e. The number of carbonyl (C=O) groups is 1. The van der Waals surface area contributed by atoms with Crippen LogP contribution in [-0.4, -0.2) is 36.8 Å². The highest BCUT2D eigenvalue weighted by atomic mass is 35.5. The number of aliphatic hydroxyl groups excluding tert-OH is 1. The predicted octanol–water partition coefficient (Wildman–Crippen LogP) is 1.08. The Hall–Kier alpha value is -0.320. The number of hydrogen-bond acceptors (Lipinski definition) is 3. The van der Waals surface area contributed by atoms with Gasteiger partial charge >= 0.3 is 0 Å². The van der Waals surface area contributed by atoms with Gasteiger partial charge in [-0.2, -0.15) is 0 Å². The number of carbonyl (C=O) groups excluding carboxylic acids is 1. The Balaban J connectivity index is 0.00000162. The minimum atomic E-state index is -0.309. The summed E-state index contributed by atoms with van der Waals surface area (Å²) in [5, 5.41) is 15.9. The van der Waals surface area contributed by atoms with Crippen LogP contribution in [0.5, 0.6) is 0 Å². The quantitative estimate of drug-likeness (QED) is 0.720. The lowest BCUT2D eigenvalue weighted by atomic mass is 9.82. The molecule has 0 aromatic rings. The van der Waals surface area contributed by atoms with E-state index in [1.165, 1.54) is 12.8 Å². The van der Waals surface area contributed by atoms with Gasteiger partial charge in [0, 0.05) is 31.0 Å². The Kier molecular flexibility index (Phi) is 5.89. The molecule has 1 aliphatic carbocycles. The smallest absolute Gasteiger partial charge is 0.226 e. The summed E-state index contributed by atoms with van der Waals surface area (Å²) in [5.74, 6) is 0.380. The van der Waals surface area contributed by atoms with E-state index >= 15 is 0 Å². The number of nitrogens with one attached hydrogen (secondary N) is 2. The fourth-order valence-electron chi connectivity index (χ4n) is 3.13. The molecule has 0 radical (unpaired) electrons. The van der Waals surface area contributed by atoms with Crippen LogP contribution in [-0.2, 0) is 4.79 Å². The summed E-state index contributed by atoms with van der Waals surface area (Å²) in [5.41, 5.74) is -0.114. The van der Waals surface area contributed by atoms with Gasteiger partial charge in [0.05, 0.1) is 6.10 Å². The predicted molar refractivity (Wildman–Crippen MR) is 73.8 cm³/mol. The summed E-state index contributed by atoms with van der Waals surface area (Å²) in [7, 11) is 0. The van der Waals surface area contributed by atoms with Gasteiger partial charge in [0.2, 0.25) is 5.91 Å². The second-order valence-electron chi connectivity index (χ2n) is 5.54. The summed E-state index contributed by atoms with van der Waals surface area (Å²) >= 11 is 0. The van der Waals surface area contributed by atoms with E-state index in [2.05, 4.69) is 17.6 Å². The number of halogens is 1. The molecule has 0 aromatic heterocycles. The fraction of sp³-hybridized carbons (Fsp3) is 0.923. The molecule has 1 amide bonds. The van der Waals surface area contributed by atoms with Gasteiger partial charge in [-0.3, -0.25) is 4.79 Å². The molecule has 1 saturated carbocycles. The third kappa shape index (κ3) is 3.16. The second kappa shape index (κ2) is 6.73. The van der Waals surface area contributed by atoms with Crippen LogP contribution in [0, 0.1) is 11.3 Å². The van der Waals surface area contributed by atoms with Crippen molar-refractivity contribution in [2.75, 3.05) is 19.6 Å². The lowest BCUT2D eigenvalue weighted by molar-refractivity contribution is -0.131. The molecule has 5 heteroatoms. The average molecular weight is 277 g/mol. The van der Waals surface area contributed by atoms with Gasteiger partial charge in [-0.1, -0.05) is 19.8 Å². The Labute approximate surface area is 115 Å². The zero-order chi connectivity index (χ0) is 12.3. The molecule has 3 N–H and O–H groups in total. The summed E-state index contributed by atoms with van der Waals surface area (Å²) in [4.78, 5) is 12.2. The number of rotatable bonds is 4. The van der Waals surface area contributed by atoms with E-state index in [0.29, 0.717) is 13.1 Å². The van der Waals surface area contributed by atoms with Crippen LogP contribution in [0.15, 0.2) is 0 Å². The molecular weight excluding hydrogens is 252 g/mol. The first-order valence-electron chi connectivity index (χ1n) is 6.85. The number of amides is 1. The first kappa shape index (κ1) is 15.7. The van der Waals surface area contributed by atoms with Crippen molar-refractivity contribution < 1.29 is 9.90 Å². The summed E-state index contributed by atoms with van der Waals surface area (Å²) < 4.78 is 0. The van der Waals surface area contributed by atoms with Gasteiger partial charge in [-0.25, -0.2) is 0 Å². The van der Waals surface area contributed by atoms with E-state index in [1.807, 2.05) is 0 Å². The zero-order valence-electron chi connectivity index (χ0n) is 11.1. The van der Waals surface area contributed by atoms with Gasteiger partial charge in [-0.05, 0) is 19.3 Å². The molecule has 106 valence electrons. The summed E-state index contributed by atoms with van der Waals surface area (Å²) in [6.07, 6.45) is 5.03. The zero-order valence-corrected chi connectivity index (χ0v) is 11.9. The Morgan fingerprint density at radius 3 is 2.56 bits per heavy atom. The molecule has 2 unspecified atom stereocenters. The van der Waals surface area contributed by atoms with Crippen molar-refractivity contribution in [2.24, 2.45) is 11.3 Å². The van der Waals surface area contributed by atoms with Crippen LogP contribution in [0.3, 0.4) is 0 Å². The molecule has 2 rings (SSSR count). The lowest BCUT2D eigenvalue weighted by Gasteiger charge is -2.27. The van der Waals surface area contributed by atoms with E-state index in [-0.39, 0.29) is 35.8 Å². The van der Waals surface area contributed by atoms with Gasteiger partial charge in [-0.15, -0.1) is 12.4 Å². The fourth-order valence-corrected chi connectivity index (χ4v) is 3.13. The van der Waals surface area contributed by atoms with Crippen LogP contribution >= 0.6 is 12.4 Å².